The average molecular weight is 278 g/mol. The van der Waals surface area contributed by atoms with E-state index in [-0.39, 0.29) is 16.4 Å². The first-order valence-electron chi connectivity index (χ1n) is 5.26. The Bertz CT molecular complexity index is 588. The molecule has 1 aromatic rings. The Morgan fingerprint density at radius 2 is 1.89 bits per heavy atom. The van der Waals surface area contributed by atoms with E-state index in [1.807, 2.05) is 0 Å². The fraction of sp³-hybridized carbons (Fsp3) is 0.0833. The molecule has 0 spiro atoms. The van der Waals surface area contributed by atoms with Gasteiger partial charge in [0.25, 0.3) is 11.8 Å². The van der Waals surface area contributed by atoms with E-state index in [1.165, 1.54) is 25.3 Å². The van der Waals surface area contributed by atoms with Crippen LogP contribution in [-0.4, -0.2) is 29.1 Å². The minimum Gasteiger partial charge on any atom is -0.507 e. The van der Waals surface area contributed by atoms with E-state index in [9.17, 15) is 14.7 Å². The highest BCUT2D eigenvalue weighted by atomic mass is 32.1. The first-order chi connectivity index (χ1) is 9.01. The lowest BCUT2D eigenvalue weighted by Crippen LogP contribution is -2.51. The predicted octanol–water partition coefficient (Wildman–Crippen LogP) is 0.315. The molecular formula is C12H10N2O4S. The Morgan fingerprint density at radius 1 is 1.26 bits per heavy atom. The zero-order valence-electron chi connectivity index (χ0n) is 9.89. The van der Waals surface area contributed by atoms with Crippen molar-refractivity contribution >= 4 is 35.2 Å². The van der Waals surface area contributed by atoms with Crippen LogP contribution in [0.3, 0.4) is 0 Å². The summed E-state index contributed by atoms with van der Waals surface area (Å²) in [7, 11) is 1.47. The summed E-state index contributed by atoms with van der Waals surface area (Å²) in [5.41, 5.74) is 0.197. The number of phenolic OH excluding ortho intramolecular Hbond substituents is 1. The SMILES string of the molecule is COc1ccc(C=C2C(=O)NC(=S)NC2=O)c(O)c1. The molecule has 1 fully saturated rings. The minimum absolute atomic E-state index is 0.0360. The second-order valence-corrected chi connectivity index (χ2v) is 4.13. The number of carbonyl (C=O) groups is 2. The molecule has 0 saturated carbocycles. The van der Waals surface area contributed by atoms with Gasteiger partial charge in [-0.3, -0.25) is 20.2 Å². The summed E-state index contributed by atoms with van der Waals surface area (Å²) < 4.78 is 4.94. The second-order valence-electron chi connectivity index (χ2n) is 3.72. The van der Waals surface area contributed by atoms with Gasteiger partial charge in [0, 0.05) is 11.6 Å². The zero-order valence-corrected chi connectivity index (χ0v) is 10.7. The van der Waals surface area contributed by atoms with E-state index in [1.54, 1.807) is 6.07 Å². The number of amides is 2. The van der Waals surface area contributed by atoms with E-state index >= 15 is 0 Å². The van der Waals surface area contributed by atoms with Crippen molar-refractivity contribution in [3.63, 3.8) is 0 Å². The number of aromatic hydroxyl groups is 1. The van der Waals surface area contributed by atoms with Crippen LogP contribution in [0.1, 0.15) is 5.56 Å². The van der Waals surface area contributed by atoms with Crippen LogP contribution < -0.4 is 15.4 Å². The second kappa shape index (κ2) is 5.07. The van der Waals surface area contributed by atoms with Crippen LogP contribution >= 0.6 is 12.2 Å². The Hall–Kier alpha value is -2.41. The Morgan fingerprint density at radius 3 is 2.42 bits per heavy atom. The summed E-state index contributed by atoms with van der Waals surface area (Å²) >= 11 is 4.68. The van der Waals surface area contributed by atoms with Crippen LogP contribution in [0, 0.1) is 0 Å². The van der Waals surface area contributed by atoms with Crippen molar-refractivity contribution in [3.05, 3.63) is 29.3 Å². The molecule has 0 bridgehead atoms. The van der Waals surface area contributed by atoms with Crippen LogP contribution in [-0.2, 0) is 9.59 Å². The summed E-state index contributed by atoms with van der Waals surface area (Å²) in [5.74, 6) is -0.841. The van der Waals surface area contributed by atoms with E-state index < -0.39 is 11.8 Å². The van der Waals surface area contributed by atoms with Gasteiger partial charge in [0.1, 0.15) is 17.1 Å². The van der Waals surface area contributed by atoms with Crippen LogP contribution in [0.5, 0.6) is 11.5 Å². The molecule has 0 radical (unpaired) electrons. The maximum absolute atomic E-state index is 11.6. The lowest BCUT2D eigenvalue weighted by Gasteiger charge is -2.16. The third-order valence-electron chi connectivity index (χ3n) is 2.48. The molecule has 98 valence electrons. The van der Waals surface area contributed by atoms with Crippen molar-refractivity contribution in [2.24, 2.45) is 0 Å². The fourth-order valence-corrected chi connectivity index (χ4v) is 1.72. The van der Waals surface area contributed by atoms with Crippen LogP contribution in [0.4, 0.5) is 0 Å². The highest BCUT2D eigenvalue weighted by Crippen LogP contribution is 2.25. The van der Waals surface area contributed by atoms with Gasteiger partial charge in [0.15, 0.2) is 5.11 Å². The van der Waals surface area contributed by atoms with Crippen LogP contribution in [0.15, 0.2) is 23.8 Å². The van der Waals surface area contributed by atoms with Crippen molar-refractivity contribution in [3.8, 4) is 11.5 Å². The summed E-state index contributed by atoms with van der Waals surface area (Å²) in [6, 6.07) is 4.53. The number of thiocarbonyl (C=S) groups is 1. The van der Waals surface area contributed by atoms with Gasteiger partial charge >= 0.3 is 0 Å². The highest BCUT2D eigenvalue weighted by molar-refractivity contribution is 7.80. The first-order valence-corrected chi connectivity index (χ1v) is 5.67. The predicted molar refractivity (Wildman–Crippen MR) is 71.5 cm³/mol. The number of nitrogens with one attached hydrogen (secondary N) is 2. The molecule has 2 amide bonds. The average Bonchev–Trinajstić information content (AvgIpc) is 2.35. The van der Waals surface area contributed by atoms with Crippen LogP contribution in [0.25, 0.3) is 6.08 Å². The molecule has 1 heterocycles. The summed E-state index contributed by atoms with van der Waals surface area (Å²) in [4.78, 5) is 23.2. The molecule has 1 aromatic carbocycles. The maximum atomic E-state index is 11.6. The number of phenols is 1. The Balaban J connectivity index is 2.37. The number of rotatable bonds is 2. The Labute approximate surface area is 114 Å². The van der Waals surface area contributed by atoms with Gasteiger partial charge in [-0.1, -0.05) is 0 Å². The largest absolute Gasteiger partial charge is 0.507 e. The lowest BCUT2D eigenvalue weighted by molar-refractivity contribution is -0.123. The molecule has 0 atom stereocenters. The molecule has 2 rings (SSSR count). The molecule has 6 nitrogen and oxygen atoms in total. The zero-order chi connectivity index (χ0) is 14.0. The van der Waals surface area contributed by atoms with Crippen molar-refractivity contribution in [2.75, 3.05) is 7.11 Å². The molecule has 1 aliphatic heterocycles. The third kappa shape index (κ3) is 2.71. The number of hydrogen-bond acceptors (Lipinski definition) is 5. The van der Waals surface area contributed by atoms with Gasteiger partial charge < -0.3 is 9.84 Å². The van der Waals surface area contributed by atoms with E-state index in [4.69, 9.17) is 4.74 Å². The third-order valence-corrected chi connectivity index (χ3v) is 2.68. The molecule has 0 unspecified atom stereocenters. The van der Waals surface area contributed by atoms with Gasteiger partial charge in [0.2, 0.25) is 0 Å². The fourth-order valence-electron chi connectivity index (χ4n) is 1.53. The van der Waals surface area contributed by atoms with Gasteiger partial charge in [-0.25, -0.2) is 0 Å². The molecule has 1 saturated heterocycles. The first kappa shape index (κ1) is 13.0. The molecular weight excluding hydrogens is 268 g/mol. The van der Waals surface area contributed by atoms with Crippen molar-refractivity contribution in [1.82, 2.24) is 10.6 Å². The van der Waals surface area contributed by atoms with Crippen molar-refractivity contribution < 1.29 is 19.4 Å². The number of ether oxygens (including phenoxy) is 1. The monoisotopic (exact) mass is 278 g/mol. The lowest BCUT2D eigenvalue weighted by atomic mass is 10.1. The van der Waals surface area contributed by atoms with Gasteiger partial charge in [-0.15, -0.1) is 0 Å². The summed E-state index contributed by atoms with van der Waals surface area (Å²) in [6.07, 6.45) is 1.28. The number of hydrogen-bond donors (Lipinski definition) is 3. The van der Waals surface area contributed by atoms with Crippen molar-refractivity contribution in [2.45, 2.75) is 0 Å². The summed E-state index contributed by atoms with van der Waals surface area (Å²) in [5, 5.41) is 14.3. The minimum atomic E-state index is -0.607. The van der Waals surface area contributed by atoms with Crippen LogP contribution in [0.2, 0.25) is 0 Å². The van der Waals surface area contributed by atoms with Gasteiger partial charge in [-0.05, 0) is 30.4 Å². The topological polar surface area (TPSA) is 87.7 Å². The maximum Gasteiger partial charge on any atom is 0.263 e. The van der Waals surface area contributed by atoms with E-state index in [0.717, 1.165) is 0 Å². The number of carbonyl (C=O) groups excluding carboxylic acids is 2. The van der Waals surface area contributed by atoms with Crippen molar-refractivity contribution in [1.29, 1.82) is 0 Å². The van der Waals surface area contributed by atoms with E-state index in [2.05, 4.69) is 22.9 Å². The molecule has 3 N–H and O–H groups in total. The number of benzene rings is 1. The molecule has 19 heavy (non-hydrogen) atoms. The number of methoxy groups -OCH3 is 1. The summed E-state index contributed by atoms with van der Waals surface area (Å²) in [6.45, 7) is 0. The molecule has 0 aromatic heterocycles. The smallest absolute Gasteiger partial charge is 0.263 e. The molecule has 0 aliphatic carbocycles. The quantitative estimate of drug-likeness (QED) is 0.412. The molecule has 7 heteroatoms. The standard InChI is InChI=1S/C12H10N2O4S/c1-18-7-3-2-6(9(15)5-7)4-8-10(16)13-12(19)14-11(8)17/h2-5,15H,1H3,(H2,13,14,16,17,19). The normalized spacial score (nSPS) is 14.8. The Kier molecular flexibility index (Phi) is 3.48. The van der Waals surface area contributed by atoms with Gasteiger partial charge in [-0.2, -0.15) is 0 Å². The van der Waals surface area contributed by atoms with Gasteiger partial charge in [0.05, 0.1) is 7.11 Å². The molecule has 1 aliphatic rings. The van der Waals surface area contributed by atoms with E-state index in [0.29, 0.717) is 11.3 Å². The highest BCUT2D eigenvalue weighted by Gasteiger charge is 2.25.